The number of nitrogens with zero attached hydrogens (tertiary/aromatic N) is 1. The highest BCUT2D eigenvalue weighted by Gasteiger charge is 2.31. The van der Waals surface area contributed by atoms with Crippen molar-refractivity contribution >= 4 is 17.7 Å². The van der Waals surface area contributed by atoms with E-state index in [4.69, 9.17) is 9.26 Å². The third-order valence-corrected chi connectivity index (χ3v) is 4.99. The number of carbonyl (C=O) groups is 3. The number of rotatable bonds is 13. The van der Waals surface area contributed by atoms with Crippen LogP contribution >= 0.6 is 0 Å². The molecule has 0 aliphatic rings. The van der Waals surface area contributed by atoms with Crippen LogP contribution in [0.4, 0.5) is 4.39 Å². The van der Waals surface area contributed by atoms with Crippen LogP contribution in [0.1, 0.15) is 34.3 Å². The molecule has 192 valence electrons. The number of nitrogens with one attached hydrogen (secondary N) is 4. The Balaban J connectivity index is 2.08. The molecule has 0 saturated heterocycles. The zero-order chi connectivity index (χ0) is 26.0. The Labute approximate surface area is 202 Å². The van der Waals surface area contributed by atoms with E-state index in [0.29, 0.717) is 12.3 Å². The molecular weight excluding hydrogens is 461 g/mol. The first kappa shape index (κ1) is 27.9. The fourth-order valence-electron chi connectivity index (χ4n) is 3.01. The molecule has 2 aromatic rings. The summed E-state index contributed by atoms with van der Waals surface area (Å²) < 4.78 is 24.4. The van der Waals surface area contributed by atoms with Crippen molar-refractivity contribution in [3.8, 4) is 0 Å². The van der Waals surface area contributed by atoms with Gasteiger partial charge in [-0.15, -0.1) is 0 Å². The Morgan fingerprint density at radius 2 is 1.91 bits per heavy atom. The van der Waals surface area contributed by atoms with Gasteiger partial charge in [-0.3, -0.25) is 14.4 Å². The van der Waals surface area contributed by atoms with Gasteiger partial charge in [0.15, 0.2) is 5.69 Å². The van der Waals surface area contributed by atoms with Crippen LogP contribution in [-0.4, -0.2) is 73.0 Å². The van der Waals surface area contributed by atoms with Crippen molar-refractivity contribution in [3.05, 3.63) is 52.7 Å². The molecule has 5 N–H and O–H groups in total. The van der Waals surface area contributed by atoms with E-state index >= 15 is 0 Å². The summed E-state index contributed by atoms with van der Waals surface area (Å²) in [6, 6.07) is 3.46. The molecule has 0 aliphatic carbocycles. The van der Waals surface area contributed by atoms with Crippen molar-refractivity contribution in [2.45, 2.75) is 45.5 Å². The van der Waals surface area contributed by atoms with Crippen LogP contribution in [-0.2, 0) is 20.9 Å². The van der Waals surface area contributed by atoms with Crippen LogP contribution in [0, 0.1) is 19.7 Å². The number of hydrogen-bond acceptors (Lipinski definition) is 8. The summed E-state index contributed by atoms with van der Waals surface area (Å²) in [5, 5.41) is 24.0. The van der Waals surface area contributed by atoms with E-state index < -0.39 is 41.7 Å². The largest absolute Gasteiger partial charge is 0.391 e. The molecule has 3 atom stereocenters. The molecule has 0 unspecified atom stereocenters. The summed E-state index contributed by atoms with van der Waals surface area (Å²) in [6.07, 6.45) is -1.29. The van der Waals surface area contributed by atoms with Gasteiger partial charge in [0.2, 0.25) is 11.8 Å². The minimum absolute atomic E-state index is 0.0641. The second kappa shape index (κ2) is 13.5. The smallest absolute Gasteiger partial charge is 0.274 e. The normalized spacial score (nSPS) is 13.5. The van der Waals surface area contributed by atoms with Crippen molar-refractivity contribution in [2.75, 3.05) is 26.8 Å². The maximum absolute atomic E-state index is 14.1. The van der Waals surface area contributed by atoms with Gasteiger partial charge in [-0.05, 0) is 39.4 Å². The lowest BCUT2D eigenvalue weighted by Gasteiger charge is -2.24. The molecule has 3 amide bonds. The van der Waals surface area contributed by atoms with Gasteiger partial charge in [-0.25, -0.2) is 4.39 Å². The Morgan fingerprint density at radius 1 is 1.17 bits per heavy atom. The highest BCUT2D eigenvalue weighted by atomic mass is 19.1. The van der Waals surface area contributed by atoms with E-state index in [0.717, 1.165) is 5.56 Å². The molecule has 0 aliphatic heterocycles. The molecule has 0 spiro atoms. The van der Waals surface area contributed by atoms with E-state index in [2.05, 4.69) is 26.4 Å². The second-order valence-electron chi connectivity index (χ2n) is 8.07. The third kappa shape index (κ3) is 8.74. The van der Waals surface area contributed by atoms with Gasteiger partial charge < -0.3 is 35.6 Å². The zero-order valence-corrected chi connectivity index (χ0v) is 20.2. The van der Waals surface area contributed by atoms with Gasteiger partial charge in [0, 0.05) is 24.7 Å². The Morgan fingerprint density at radius 3 is 2.51 bits per heavy atom. The van der Waals surface area contributed by atoms with Gasteiger partial charge in [0.1, 0.15) is 23.7 Å². The summed E-state index contributed by atoms with van der Waals surface area (Å²) in [5.41, 5.74) is 0.959. The molecule has 2 rings (SSSR count). The minimum Gasteiger partial charge on any atom is -0.391 e. The molecule has 1 aromatic heterocycles. The molecule has 12 heteroatoms. The summed E-state index contributed by atoms with van der Waals surface area (Å²) in [4.78, 5) is 38.1. The molecule has 0 bridgehead atoms. The van der Waals surface area contributed by atoms with Crippen molar-refractivity contribution < 1.29 is 33.1 Å². The number of aliphatic hydroxyl groups excluding tert-OH is 1. The van der Waals surface area contributed by atoms with Crippen molar-refractivity contribution in [2.24, 2.45) is 0 Å². The first-order valence-corrected chi connectivity index (χ1v) is 11.1. The number of benzene rings is 1. The molecule has 1 heterocycles. The topological polar surface area (TPSA) is 155 Å². The van der Waals surface area contributed by atoms with E-state index in [-0.39, 0.29) is 31.0 Å². The van der Waals surface area contributed by atoms with Crippen LogP contribution in [0.5, 0.6) is 0 Å². The average molecular weight is 494 g/mol. The monoisotopic (exact) mass is 493 g/mol. The first-order chi connectivity index (χ1) is 16.6. The second-order valence-corrected chi connectivity index (χ2v) is 8.07. The van der Waals surface area contributed by atoms with Crippen LogP contribution in [0.2, 0.25) is 0 Å². The number of aryl methyl sites for hydroxylation is 2. The predicted molar refractivity (Wildman–Crippen MR) is 124 cm³/mol. The molecular formula is C23H32FN5O6. The summed E-state index contributed by atoms with van der Waals surface area (Å²) in [5.74, 6) is -2.23. The van der Waals surface area contributed by atoms with Crippen molar-refractivity contribution in [3.63, 3.8) is 0 Å². The molecule has 0 fully saturated rings. The molecule has 0 saturated carbocycles. The van der Waals surface area contributed by atoms with Gasteiger partial charge in [-0.2, -0.15) is 0 Å². The number of carbonyl (C=O) groups excluding carboxylic acids is 3. The van der Waals surface area contributed by atoms with Crippen LogP contribution in [0.25, 0.3) is 0 Å². The van der Waals surface area contributed by atoms with E-state index in [1.54, 1.807) is 33.0 Å². The number of hydrogen-bond donors (Lipinski definition) is 5. The van der Waals surface area contributed by atoms with Crippen LogP contribution in [0.15, 0.2) is 28.8 Å². The Hall–Kier alpha value is -3.35. The van der Waals surface area contributed by atoms with Gasteiger partial charge in [0.25, 0.3) is 5.91 Å². The van der Waals surface area contributed by atoms with E-state index in [1.165, 1.54) is 19.1 Å². The Kier molecular flexibility index (Phi) is 10.8. The average Bonchev–Trinajstić information content (AvgIpc) is 3.24. The molecule has 1 aromatic carbocycles. The highest BCUT2D eigenvalue weighted by molar-refractivity contribution is 5.97. The highest BCUT2D eigenvalue weighted by Crippen LogP contribution is 2.10. The zero-order valence-electron chi connectivity index (χ0n) is 20.2. The number of likely N-dealkylation sites (N-methyl/N-ethyl adjacent to an activating group) is 1. The fraction of sp³-hybridized carbons (Fsp3) is 0.478. The lowest BCUT2D eigenvalue weighted by Crippen LogP contribution is -2.58. The van der Waals surface area contributed by atoms with Gasteiger partial charge in [-0.1, -0.05) is 17.3 Å². The SMILES string of the molecule is CNCCOC[C@H](NC(=O)[C@@H](NC(=O)c1cc(C)on1)[C@@H](C)O)C(=O)NCc1ccc(C)cc1F. The fourth-order valence-corrected chi connectivity index (χ4v) is 3.01. The van der Waals surface area contributed by atoms with E-state index in [1.807, 2.05) is 0 Å². The number of amides is 3. The van der Waals surface area contributed by atoms with E-state index in [9.17, 15) is 23.9 Å². The lowest BCUT2D eigenvalue weighted by molar-refractivity contribution is -0.132. The molecule has 11 nitrogen and oxygen atoms in total. The van der Waals surface area contributed by atoms with Gasteiger partial charge in [0.05, 0.1) is 19.3 Å². The summed E-state index contributed by atoms with van der Waals surface area (Å²) >= 11 is 0. The summed E-state index contributed by atoms with van der Waals surface area (Å²) in [6.45, 7) is 5.17. The number of halogens is 1. The van der Waals surface area contributed by atoms with Crippen LogP contribution in [0.3, 0.4) is 0 Å². The molecule has 35 heavy (non-hydrogen) atoms. The standard InChI is InChI=1S/C23H32FN5O6/c1-13-5-6-16(17(24)9-13)11-26-21(31)19(12-34-8-7-25-4)27-23(33)20(15(3)30)28-22(32)18-10-14(2)35-29-18/h5-6,9-10,15,19-20,25,30H,7-8,11-12H2,1-4H3,(H,26,31)(H,27,33)(H,28,32)/t15-,19+,20+/m1/s1. The molecule has 0 radical (unpaired) electrons. The van der Waals surface area contributed by atoms with Crippen LogP contribution < -0.4 is 21.3 Å². The number of aliphatic hydroxyl groups is 1. The van der Waals surface area contributed by atoms with Crippen molar-refractivity contribution in [1.29, 1.82) is 0 Å². The van der Waals surface area contributed by atoms with Crippen molar-refractivity contribution in [1.82, 2.24) is 26.4 Å². The minimum atomic E-state index is -1.39. The number of ether oxygens (including phenoxy) is 1. The lowest BCUT2D eigenvalue weighted by atomic mass is 10.1. The third-order valence-electron chi connectivity index (χ3n) is 4.99. The van der Waals surface area contributed by atoms with Gasteiger partial charge >= 0.3 is 0 Å². The quantitative estimate of drug-likeness (QED) is 0.243. The first-order valence-electron chi connectivity index (χ1n) is 11.1. The maximum atomic E-state index is 14.1. The predicted octanol–water partition coefficient (Wildman–Crippen LogP) is -0.0531. The maximum Gasteiger partial charge on any atom is 0.274 e. The Bertz CT molecular complexity index is 1010. The summed E-state index contributed by atoms with van der Waals surface area (Å²) in [7, 11) is 1.73. The number of aromatic nitrogens is 1.